The smallest absolute Gasteiger partial charge is 0.216 e. The van der Waals surface area contributed by atoms with E-state index in [0.29, 0.717) is 19.7 Å². The van der Waals surface area contributed by atoms with Gasteiger partial charge in [-0.2, -0.15) is 0 Å². The number of nitrogens with zero attached hydrogens (tertiary/aromatic N) is 1. The number of piperidine rings is 1. The molecular formula is C12H22BrNO3S. The highest BCUT2D eigenvalue weighted by Gasteiger charge is 2.36. The maximum absolute atomic E-state index is 12.4. The molecule has 0 amide bonds. The fraction of sp³-hybridized carbons (Fsp3) is 1.00. The normalized spacial score (nSPS) is 24.7. The minimum absolute atomic E-state index is 0.113. The molecule has 4 nitrogen and oxygen atoms in total. The Morgan fingerprint density at radius 2 is 1.72 bits per heavy atom. The number of alkyl halides is 1. The number of hydrogen-bond acceptors (Lipinski definition) is 3. The predicted molar refractivity (Wildman–Crippen MR) is 75.5 cm³/mol. The Hall–Kier alpha value is 0.350. The van der Waals surface area contributed by atoms with E-state index < -0.39 is 10.0 Å². The molecule has 0 aromatic heterocycles. The number of hydrogen-bond donors (Lipinski definition) is 0. The third kappa shape index (κ3) is 3.46. The zero-order valence-electron chi connectivity index (χ0n) is 10.7. The van der Waals surface area contributed by atoms with Crippen LogP contribution in [0.3, 0.4) is 0 Å². The van der Waals surface area contributed by atoms with Gasteiger partial charge in [0.1, 0.15) is 0 Å². The lowest BCUT2D eigenvalue weighted by Gasteiger charge is -2.32. The average molecular weight is 340 g/mol. The van der Waals surface area contributed by atoms with Crippen LogP contribution in [-0.2, 0) is 14.8 Å². The molecule has 6 heteroatoms. The van der Waals surface area contributed by atoms with Crippen LogP contribution >= 0.6 is 15.9 Å². The molecule has 1 aliphatic heterocycles. The molecule has 0 aromatic carbocycles. The Balaban J connectivity index is 1.85. The van der Waals surface area contributed by atoms with Crippen LogP contribution in [0.25, 0.3) is 0 Å². The molecule has 2 fully saturated rings. The number of rotatable bonds is 5. The number of ether oxygens (including phenoxy) is 1. The molecule has 0 bridgehead atoms. The van der Waals surface area contributed by atoms with Crippen LogP contribution in [0.15, 0.2) is 0 Å². The van der Waals surface area contributed by atoms with Crippen molar-refractivity contribution in [2.24, 2.45) is 0 Å². The van der Waals surface area contributed by atoms with Crippen LogP contribution in [0.4, 0.5) is 0 Å². The second kappa shape index (κ2) is 6.68. The number of halogens is 1. The molecule has 1 aliphatic carbocycles. The summed E-state index contributed by atoms with van der Waals surface area (Å²) >= 11 is 3.33. The Bertz CT molecular complexity index is 346. The molecule has 106 valence electrons. The second-order valence-corrected chi connectivity index (χ2v) is 8.12. The summed E-state index contributed by atoms with van der Waals surface area (Å²) in [6.07, 6.45) is 5.73. The van der Waals surface area contributed by atoms with Crippen LogP contribution in [0.2, 0.25) is 0 Å². The van der Waals surface area contributed by atoms with E-state index in [-0.39, 0.29) is 11.4 Å². The monoisotopic (exact) mass is 339 g/mol. The van der Waals surface area contributed by atoms with Gasteiger partial charge in [0.2, 0.25) is 10.0 Å². The quantitative estimate of drug-likeness (QED) is 0.721. The summed E-state index contributed by atoms with van der Waals surface area (Å²) in [6, 6.07) is 0. The van der Waals surface area contributed by atoms with Gasteiger partial charge in [-0.1, -0.05) is 28.8 Å². The van der Waals surface area contributed by atoms with Crippen LogP contribution in [0.1, 0.15) is 38.5 Å². The zero-order chi connectivity index (χ0) is 13.0. The summed E-state index contributed by atoms with van der Waals surface area (Å²) in [5, 5.41) is 0.727. The van der Waals surface area contributed by atoms with E-state index >= 15 is 0 Å². The van der Waals surface area contributed by atoms with Gasteiger partial charge in [-0.05, 0) is 25.7 Å². The van der Waals surface area contributed by atoms with Gasteiger partial charge in [-0.3, -0.25) is 0 Å². The molecule has 1 saturated carbocycles. The SMILES string of the molecule is O=S(=O)(C1CCCC1)N1CCC(OCCBr)CC1. The molecule has 1 heterocycles. The van der Waals surface area contributed by atoms with Crippen molar-refractivity contribution in [3.63, 3.8) is 0 Å². The van der Waals surface area contributed by atoms with Crippen molar-refractivity contribution in [3.8, 4) is 0 Å². The summed E-state index contributed by atoms with van der Waals surface area (Å²) in [7, 11) is -3.04. The average Bonchev–Trinajstić information content (AvgIpc) is 2.91. The second-order valence-electron chi connectivity index (χ2n) is 5.11. The van der Waals surface area contributed by atoms with Crippen molar-refractivity contribution in [1.29, 1.82) is 0 Å². The maximum atomic E-state index is 12.4. The highest BCUT2D eigenvalue weighted by molar-refractivity contribution is 9.09. The maximum Gasteiger partial charge on any atom is 0.216 e. The standard InChI is InChI=1S/C12H22BrNO3S/c13-7-10-17-11-5-8-14(9-6-11)18(15,16)12-3-1-2-4-12/h11-12H,1-10H2. The minimum Gasteiger partial charge on any atom is -0.377 e. The molecule has 1 saturated heterocycles. The van der Waals surface area contributed by atoms with Crippen molar-refractivity contribution < 1.29 is 13.2 Å². The lowest BCUT2D eigenvalue weighted by molar-refractivity contribution is 0.0307. The molecule has 2 aliphatic rings. The van der Waals surface area contributed by atoms with Gasteiger partial charge in [-0.15, -0.1) is 0 Å². The molecular weight excluding hydrogens is 318 g/mol. The van der Waals surface area contributed by atoms with Crippen LogP contribution in [0.5, 0.6) is 0 Å². The van der Waals surface area contributed by atoms with E-state index in [0.717, 1.165) is 43.9 Å². The van der Waals surface area contributed by atoms with Gasteiger partial charge in [0.15, 0.2) is 0 Å². The lowest BCUT2D eigenvalue weighted by Crippen LogP contribution is -2.44. The van der Waals surface area contributed by atoms with Crippen molar-refractivity contribution in [2.45, 2.75) is 49.9 Å². The fourth-order valence-corrected chi connectivity index (χ4v) is 5.12. The molecule has 0 unspecified atom stereocenters. The van der Waals surface area contributed by atoms with Crippen molar-refractivity contribution in [1.82, 2.24) is 4.31 Å². The van der Waals surface area contributed by atoms with Gasteiger partial charge in [0.05, 0.1) is 18.0 Å². The first-order valence-electron chi connectivity index (χ1n) is 6.81. The Kier molecular flexibility index (Phi) is 5.47. The molecule has 0 N–H and O–H groups in total. The van der Waals surface area contributed by atoms with E-state index in [1.54, 1.807) is 4.31 Å². The third-order valence-electron chi connectivity index (χ3n) is 3.91. The van der Waals surface area contributed by atoms with Crippen molar-refractivity contribution in [3.05, 3.63) is 0 Å². The Morgan fingerprint density at radius 3 is 2.28 bits per heavy atom. The summed E-state index contributed by atoms with van der Waals surface area (Å²) in [6.45, 7) is 1.97. The van der Waals surface area contributed by atoms with Crippen molar-refractivity contribution in [2.75, 3.05) is 25.0 Å². The summed E-state index contributed by atoms with van der Waals surface area (Å²) in [4.78, 5) is 0. The molecule has 0 spiro atoms. The third-order valence-corrected chi connectivity index (χ3v) is 6.64. The van der Waals surface area contributed by atoms with E-state index in [1.807, 2.05) is 0 Å². The lowest BCUT2D eigenvalue weighted by atomic mass is 10.1. The first kappa shape index (κ1) is 14.8. The molecule has 0 atom stereocenters. The zero-order valence-corrected chi connectivity index (χ0v) is 13.1. The Morgan fingerprint density at radius 1 is 1.11 bits per heavy atom. The molecule has 0 radical (unpaired) electrons. The minimum atomic E-state index is -3.04. The topological polar surface area (TPSA) is 46.6 Å². The molecule has 0 aromatic rings. The van der Waals surface area contributed by atoms with Crippen LogP contribution in [0, 0.1) is 0 Å². The largest absolute Gasteiger partial charge is 0.377 e. The highest BCUT2D eigenvalue weighted by atomic mass is 79.9. The first-order valence-corrected chi connectivity index (χ1v) is 9.43. The predicted octanol–water partition coefficient (Wildman–Crippen LogP) is 2.13. The van der Waals surface area contributed by atoms with Crippen LogP contribution in [-0.4, -0.2) is 49.1 Å². The fourth-order valence-electron chi connectivity index (χ4n) is 2.86. The van der Waals surface area contributed by atoms with Crippen molar-refractivity contribution >= 4 is 26.0 Å². The van der Waals surface area contributed by atoms with E-state index in [2.05, 4.69) is 15.9 Å². The molecule has 2 rings (SSSR count). The van der Waals surface area contributed by atoms with Gasteiger partial charge < -0.3 is 4.74 Å². The van der Waals surface area contributed by atoms with E-state index in [9.17, 15) is 8.42 Å². The highest BCUT2D eigenvalue weighted by Crippen LogP contribution is 2.29. The Labute approximate surface area is 118 Å². The first-order chi connectivity index (χ1) is 8.64. The van der Waals surface area contributed by atoms with E-state index in [1.165, 1.54) is 0 Å². The van der Waals surface area contributed by atoms with Gasteiger partial charge in [-0.25, -0.2) is 12.7 Å². The van der Waals surface area contributed by atoms with Crippen LogP contribution < -0.4 is 0 Å². The number of sulfonamides is 1. The summed E-state index contributed by atoms with van der Waals surface area (Å²) in [5.41, 5.74) is 0. The van der Waals surface area contributed by atoms with Gasteiger partial charge in [0.25, 0.3) is 0 Å². The summed E-state index contributed by atoms with van der Waals surface area (Å²) < 4.78 is 32.1. The summed E-state index contributed by atoms with van der Waals surface area (Å²) in [5.74, 6) is 0. The molecule has 18 heavy (non-hydrogen) atoms. The van der Waals surface area contributed by atoms with Gasteiger partial charge in [0, 0.05) is 18.4 Å². The van der Waals surface area contributed by atoms with E-state index in [4.69, 9.17) is 4.74 Å². The van der Waals surface area contributed by atoms with Gasteiger partial charge >= 0.3 is 0 Å².